The van der Waals surface area contributed by atoms with Crippen molar-refractivity contribution in [3.05, 3.63) is 35.7 Å². The van der Waals surface area contributed by atoms with Crippen molar-refractivity contribution in [1.29, 1.82) is 0 Å². The van der Waals surface area contributed by atoms with Gasteiger partial charge < -0.3 is 4.74 Å². The fourth-order valence-corrected chi connectivity index (χ4v) is 3.84. The second-order valence-corrected chi connectivity index (χ2v) is 6.48. The molecule has 2 aromatic rings. The standard InChI is InChI=1S/C18H23N3O/c1-13-16(20-15-7-3-2-6-14(15)19-13)12-21-10-11-22-18-9-5-4-8-17(18)21/h2-3,6-7,17-18H,4-5,8-12H2,1H3. The molecule has 2 heterocycles. The average Bonchev–Trinajstić information content (AvgIpc) is 2.56. The molecular weight excluding hydrogens is 274 g/mol. The molecule has 1 aromatic carbocycles. The SMILES string of the molecule is Cc1nc2ccccc2nc1CN1CCOC2CCCCC21. The van der Waals surface area contributed by atoms with E-state index < -0.39 is 0 Å². The van der Waals surface area contributed by atoms with E-state index in [0.717, 1.165) is 42.1 Å². The first-order valence-electron chi connectivity index (χ1n) is 8.39. The third-order valence-corrected chi connectivity index (χ3v) is 5.04. The molecule has 1 saturated heterocycles. The van der Waals surface area contributed by atoms with E-state index in [1.54, 1.807) is 0 Å². The van der Waals surface area contributed by atoms with Crippen molar-refractivity contribution in [1.82, 2.24) is 14.9 Å². The van der Waals surface area contributed by atoms with Crippen molar-refractivity contribution in [2.45, 2.75) is 51.3 Å². The number of fused-ring (bicyclic) bond motifs is 2. The van der Waals surface area contributed by atoms with Crippen molar-refractivity contribution in [2.24, 2.45) is 0 Å². The zero-order valence-corrected chi connectivity index (χ0v) is 13.2. The van der Waals surface area contributed by atoms with Gasteiger partial charge in [0.25, 0.3) is 0 Å². The second kappa shape index (κ2) is 5.94. The molecular formula is C18H23N3O. The van der Waals surface area contributed by atoms with E-state index in [-0.39, 0.29) is 0 Å². The highest BCUT2D eigenvalue weighted by molar-refractivity contribution is 5.74. The largest absolute Gasteiger partial charge is 0.375 e. The Kier molecular flexibility index (Phi) is 3.80. The second-order valence-electron chi connectivity index (χ2n) is 6.48. The van der Waals surface area contributed by atoms with Crippen LogP contribution in [-0.4, -0.2) is 40.2 Å². The summed E-state index contributed by atoms with van der Waals surface area (Å²) in [5.41, 5.74) is 4.15. The molecule has 0 radical (unpaired) electrons. The lowest BCUT2D eigenvalue weighted by Gasteiger charge is -2.43. The van der Waals surface area contributed by atoms with E-state index in [4.69, 9.17) is 14.7 Å². The molecule has 2 atom stereocenters. The van der Waals surface area contributed by atoms with Crippen LogP contribution in [0.5, 0.6) is 0 Å². The number of rotatable bonds is 2. The fraction of sp³-hybridized carbons (Fsp3) is 0.556. The lowest BCUT2D eigenvalue weighted by Crippen LogP contribution is -2.52. The number of nitrogens with zero attached hydrogens (tertiary/aromatic N) is 3. The van der Waals surface area contributed by atoms with Gasteiger partial charge in [-0.25, -0.2) is 9.97 Å². The van der Waals surface area contributed by atoms with Crippen LogP contribution < -0.4 is 0 Å². The van der Waals surface area contributed by atoms with Crippen LogP contribution in [0.2, 0.25) is 0 Å². The molecule has 1 aliphatic heterocycles. The topological polar surface area (TPSA) is 38.2 Å². The Bertz CT molecular complexity index is 670. The van der Waals surface area contributed by atoms with Gasteiger partial charge in [0.05, 0.1) is 35.1 Å². The molecule has 4 nitrogen and oxygen atoms in total. The molecule has 4 rings (SSSR count). The molecule has 0 N–H and O–H groups in total. The molecule has 1 saturated carbocycles. The van der Waals surface area contributed by atoms with Crippen molar-refractivity contribution >= 4 is 11.0 Å². The summed E-state index contributed by atoms with van der Waals surface area (Å²) in [6, 6.07) is 8.70. The summed E-state index contributed by atoms with van der Waals surface area (Å²) in [5, 5.41) is 0. The Morgan fingerprint density at radius 3 is 2.77 bits per heavy atom. The predicted molar refractivity (Wildman–Crippen MR) is 86.7 cm³/mol. The number of para-hydroxylation sites is 2. The van der Waals surface area contributed by atoms with Crippen LogP contribution in [0.4, 0.5) is 0 Å². The van der Waals surface area contributed by atoms with Gasteiger partial charge in [0, 0.05) is 19.1 Å². The Morgan fingerprint density at radius 1 is 1.14 bits per heavy atom. The summed E-state index contributed by atoms with van der Waals surface area (Å²) in [6.07, 6.45) is 5.53. The van der Waals surface area contributed by atoms with Gasteiger partial charge in [-0.2, -0.15) is 0 Å². The maximum Gasteiger partial charge on any atom is 0.0890 e. The van der Waals surface area contributed by atoms with Gasteiger partial charge >= 0.3 is 0 Å². The summed E-state index contributed by atoms with van der Waals surface area (Å²) >= 11 is 0. The first-order chi connectivity index (χ1) is 10.8. The lowest BCUT2D eigenvalue weighted by molar-refractivity contribution is -0.0915. The van der Waals surface area contributed by atoms with Crippen molar-refractivity contribution < 1.29 is 4.74 Å². The minimum Gasteiger partial charge on any atom is -0.375 e. The summed E-state index contributed by atoms with van der Waals surface area (Å²) in [7, 11) is 0. The van der Waals surface area contributed by atoms with Crippen LogP contribution in [-0.2, 0) is 11.3 Å². The van der Waals surface area contributed by atoms with E-state index in [0.29, 0.717) is 12.1 Å². The fourth-order valence-electron chi connectivity index (χ4n) is 3.84. The number of morpholine rings is 1. The van der Waals surface area contributed by atoms with Crippen molar-refractivity contribution in [3.8, 4) is 0 Å². The minimum absolute atomic E-state index is 0.427. The molecule has 116 valence electrons. The van der Waals surface area contributed by atoms with Crippen LogP contribution in [0.25, 0.3) is 11.0 Å². The monoisotopic (exact) mass is 297 g/mol. The summed E-state index contributed by atoms with van der Waals surface area (Å²) < 4.78 is 5.97. The van der Waals surface area contributed by atoms with Crippen LogP contribution in [0.15, 0.2) is 24.3 Å². The highest BCUT2D eigenvalue weighted by Gasteiger charge is 2.34. The smallest absolute Gasteiger partial charge is 0.0890 e. The Morgan fingerprint density at radius 2 is 1.91 bits per heavy atom. The van der Waals surface area contributed by atoms with Crippen LogP contribution in [0.1, 0.15) is 37.1 Å². The normalized spacial score (nSPS) is 26.0. The molecule has 4 heteroatoms. The number of hydrogen-bond acceptors (Lipinski definition) is 4. The van der Waals surface area contributed by atoms with Gasteiger partial charge in [-0.05, 0) is 31.9 Å². The maximum absolute atomic E-state index is 5.97. The Balaban J connectivity index is 1.60. The molecule has 0 spiro atoms. The zero-order valence-electron chi connectivity index (χ0n) is 13.2. The van der Waals surface area contributed by atoms with Crippen molar-refractivity contribution in [2.75, 3.05) is 13.2 Å². The highest BCUT2D eigenvalue weighted by atomic mass is 16.5. The van der Waals surface area contributed by atoms with E-state index in [2.05, 4.69) is 11.8 Å². The highest BCUT2D eigenvalue weighted by Crippen LogP contribution is 2.29. The third kappa shape index (κ3) is 2.61. The first kappa shape index (κ1) is 14.1. The summed E-state index contributed by atoms with van der Waals surface area (Å²) in [6.45, 7) is 4.83. The third-order valence-electron chi connectivity index (χ3n) is 5.04. The number of hydrogen-bond donors (Lipinski definition) is 0. The Labute approximate surface area is 131 Å². The number of ether oxygens (including phenoxy) is 1. The maximum atomic E-state index is 5.97. The molecule has 0 bridgehead atoms. The number of aromatic nitrogens is 2. The first-order valence-corrected chi connectivity index (χ1v) is 8.39. The average molecular weight is 297 g/mol. The van der Waals surface area contributed by atoms with E-state index in [1.807, 2.05) is 24.3 Å². The van der Waals surface area contributed by atoms with Crippen LogP contribution >= 0.6 is 0 Å². The number of aryl methyl sites for hydroxylation is 1. The molecule has 22 heavy (non-hydrogen) atoms. The van der Waals surface area contributed by atoms with Gasteiger partial charge in [0.2, 0.25) is 0 Å². The molecule has 0 amide bonds. The molecule has 2 aliphatic rings. The molecule has 2 unspecified atom stereocenters. The summed E-state index contributed by atoms with van der Waals surface area (Å²) in [5.74, 6) is 0. The van der Waals surface area contributed by atoms with Gasteiger partial charge in [0.15, 0.2) is 0 Å². The minimum atomic E-state index is 0.427. The lowest BCUT2D eigenvalue weighted by atomic mass is 9.90. The van der Waals surface area contributed by atoms with Gasteiger partial charge in [-0.1, -0.05) is 25.0 Å². The van der Waals surface area contributed by atoms with E-state index in [9.17, 15) is 0 Å². The van der Waals surface area contributed by atoms with Gasteiger partial charge in [0.1, 0.15) is 0 Å². The quantitative estimate of drug-likeness (QED) is 0.854. The summed E-state index contributed by atoms with van der Waals surface area (Å²) in [4.78, 5) is 12.2. The zero-order chi connectivity index (χ0) is 14.9. The van der Waals surface area contributed by atoms with Crippen LogP contribution in [0, 0.1) is 6.92 Å². The molecule has 1 aliphatic carbocycles. The number of benzene rings is 1. The van der Waals surface area contributed by atoms with E-state index in [1.165, 1.54) is 25.7 Å². The molecule has 2 fully saturated rings. The predicted octanol–water partition coefficient (Wildman–Crippen LogP) is 3.08. The molecule has 1 aromatic heterocycles. The Hall–Kier alpha value is -1.52. The van der Waals surface area contributed by atoms with Gasteiger partial charge in [-0.3, -0.25) is 4.90 Å². The van der Waals surface area contributed by atoms with Gasteiger partial charge in [-0.15, -0.1) is 0 Å². The van der Waals surface area contributed by atoms with E-state index >= 15 is 0 Å². The van der Waals surface area contributed by atoms with Crippen molar-refractivity contribution in [3.63, 3.8) is 0 Å². The van der Waals surface area contributed by atoms with Crippen LogP contribution in [0.3, 0.4) is 0 Å².